The van der Waals surface area contributed by atoms with Crippen molar-refractivity contribution < 1.29 is 14.3 Å². The molecule has 116 valence electrons. The summed E-state index contributed by atoms with van der Waals surface area (Å²) in [4.78, 5) is 11.4. The highest BCUT2D eigenvalue weighted by molar-refractivity contribution is 5.78. The van der Waals surface area contributed by atoms with Crippen LogP contribution in [0.4, 0.5) is 0 Å². The van der Waals surface area contributed by atoms with Gasteiger partial charge in [-0.3, -0.25) is 0 Å². The van der Waals surface area contributed by atoms with Crippen molar-refractivity contribution in [3.05, 3.63) is 24.5 Å². The highest BCUT2D eigenvalue weighted by Gasteiger charge is 2.29. The summed E-state index contributed by atoms with van der Waals surface area (Å²) in [6, 6.07) is 0. The van der Waals surface area contributed by atoms with Crippen LogP contribution in [0.1, 0.15) is 65.7 Å². The smallest absolute Gasteiger partial charge is 0.349 e. The Balaban J connectivity index is 3.51. The van der Waals surface area contributed by atoms with Crippen LogP contribution in [0.5, 0.6) is 0 Å². The molecule has 0 rings (SSSR count). The van der Waals surface area contributed by atoms with Crippen molar-refractivity contribution >= 4 is 5.97 Å². The van der Waals surface area contributed by atoms with E-state index in [1.165, 1.54) is 45.6 Å². The molecule has 20 heavy (non-hydrogen) atoms. The summed E-state index contributed by atoms with van der Waals surface area (Å²) in [7, 11) is 1.37. The minimum atomic E-state index is -0.905. The molecule has 0 saturated carbocycles. The molecule has 0 fully saturated rings. The summed E-state index contributed by atoms with van der Waals surface area (Å²) in [6.45, 7) is 5.47. The molecule has 0 aromatic heterocycles. The average Bonchev–Trinajstić information content (AvgIpc) is 2.43. The van der Waals surface area contributed by atoms with Crippen molar-refractivity contribution in [2.24, 2.45) is 0 Å². The summed E-state index contributed by atoms with van der Waals surface area (Å²) in [5.41, 5.74) is -0.905. The lowest BCUT2D eigenvalue weighted by atomic mass is 10.1. The molecule has 0 saturated heterocycles. The maximum atomic E-state index is 11.4. The molecule has 0 atom stereocenters. The number of carbonyl (C=O) groups is 1. The van der Waals surface area contributed by atoms with Gasteiger partial charge in [0.1, 0.15) is 0 Å². The van der Waals surface area contributed by atoms with E-state index < -0.39 is 5.60 Å². The van der Waals surface area contributed by atoms with Gasteiger partial charge in [-0.25, -0.2) is 4.79 Å². The van der Waals surface area contributed by atoms with Crippen LogP contribution < -0.4 is 0 Å². The standard InChI is InChI=1S/C17H30O3/c1-5-6-7-8-9-10-11-12-13-14-15-20-17(2,3)16(18)19-4/h5-6,14-15H,7-13H2,1-4H3. The number of esters is 1. The van der Waals surface area contributed by atoms with E-state index in [1.807, 2.05) is 6.08 Å². The minimum absolute atomic E-state index is 0.358. The van der Waals surface area contributed by atoms with Crippen molar-refractivity contribution in [2.75, 3.05) is 7.11 Å². The summed E-state index contributed by atoms with van der Waals surface area (Å²) in [6.07, 6.45) is 16.4. The van der Waals surface area contributed by atoms with Crippen molar-refractivity contribution in [1.82, 2.24) is 0 Å². The lowest BCUT2D eigenvalue weighted by Crippen LogP contribution is -2.34. The van der Waals surface area contributed by atoms with Gasteiger partial charge in [-0.15, -0.1) is 0 Å². The first kappa shape index (κ1) is 18.8. The summed E-state index contributed by atoms with van der Waals surface area (Å²) in [5.74, 6) is -0.358. The fourth-order valence-electron chi connectivity index (χ4n) is 1.80. The number of carbonyl (C=O) groups excluding carboxylic acids is 1. The van der Waals surface area contributed by atoms with Gasteiger partial charge in [-0.05, 0) is 52.5 Å². The first-order chi connectivity index (χ1) is 9.54. The topological polar surface area (TPSA) is 35.5 Å². The van der Waals surface area contributed by atoms with E-state index in [0.717, 1.165) is 6.42 Å². The Hall–Kier alpha value is -1.25. The molecular weight excluding hydrogens is 252 g/mol. The zero-order valence-electron chi connectivity index (χ0n) is 13.5. The van der Waals surface area contributed by atoms with Crippen LogP contribution in [0.15, 0.2) is 24.5 Å². The summed E-state index contributed by atoms with van der Waals surface area (Å²) >= 11 is 0. The molecule has 3 nitrogen and oxygen atoms in total. The van der Waals surface area contributed by atoms with Crippen LogP contribution in [0.3, 0.4) is 0 Å². The first-order valence-corrected chi connectivity index (χ1v) is 7.57. The van der Waals surface area contributed by atoms with Crippen molar-refractivity contribution in [3.8, 4) is 0 Å². The van der Waals surface area contributed by atoms with E-state index in [2.05, 4.69) is 23.8 Å². The molecule has 0 aliphatic carbocycles. The van der Waals surface area contributed by atoms with Gasteiger partial charge in [0.25, 0.3) is 0 Å². The molecule has 0 aromatic carbocycles. The Labute approximate surface area is 124 Å². The molecule has 0 aromatic rings. The van der Waals surface area contributed by atoms with E-state index in [-0.39, 0.29) is 5.97 Å². The zero-order valence-corrected chi connectivity index (χ0v) is 13.5. The molecule has 0 unspecified atom stereocenters. The Morgan fingerprint density at radius 2 is 1.55 bits per heavy atom. The maximum Gasteiger partial charge on any atom is 0.349 e. The second-order valence-electron chi connectivity index (χ2n) is 5.41. The summed E-state index contributed by atoms with van der Waals surface area (Å²) < 4.78 is 10.1. The fourth-order valence-corrected chi connectivity index (χ4v) is 1.80. The quantitative estimate of drug-likeness (QED) is 0.237. The number of rotatable bonds is 11. The third-order valence-electron chi connectivity index (χ3n) is 3.11. The van der Waals surface area contributed by atoms with Crippen LogP contribution in [0, 0.1) is 0 Å². The number of unbranched alkanes of at least 4 members (excludes halogenated alkanes) is 6. The van der Waals surface area contributed by atoms with Crippen molar-refractivity contribution in [2.45, 2.75) is 71.3 Å². The number of methoxy groups -OCH3 is 1. The van der Waals surface area contributed by atoms with Crippen LogP contribution in [0.2, 0.25) is 0 Å². The van der Waals surface area contributed by atoms with E-state index in [9.17, 15) is 4.79 Å². The van der Waals surface area contributed by atoms with Gasteiger partial charge in [-0.2, -0.15) is 0 Å². The molecule has 0 aliphatic heterocycles. The lowest BCUT2D eigenvalue weighted by molar-refractivity contribution is -0.159. The first-order valence-electron chi connectivity index (χ1n) is 7.57. The Morgan fingerprint density at radius 1 is 1.00 bits per heavy atom. The Bertz CT molecular complexity index is 303. The average molecular weight is 282 g/mol. The molecule has 0 N–H and O–H groups in total. The molecule has 0 aliphatic rings. The fraction of sp³-hybridized carbons (Fsp3) is 0.706. The largest absolute Gasteiger partial charge is 0.484 e. The predicted molar refractivity (Wildman–Crippen MR) is 83.5 cm³/mol. The second kappa shape index (κ2) is 11.6. The van der Waals surface area contributed by atoms with Crippen molar-refractivity contribution in [3.63, 3.8) is 0 Å². The highest BCUT2D eigenvalue weighted by atomic mass is 16.6. The second-order valence-corrected chi connectivity index (χ2v) is 5.41. The van der Waals surface area contributed by atoms with Gasteiger partial charge in [-0.1, -0.05) is 31.4 Å². The van der Waals surface area contributed by atoms with E-state index in [4.69, 9.17) is 4.74 Å². The van der Waals surface area contributed by atoms with E-state index in [0.29, 0.717) is 0 Å². The van der Waals surface area contributed by atoms with Crippen LogP contribution in [-0.2, 0) is 14.3 Å². The van der Waals surface area contributed by atoms with Gasteiger partial charge in [0, 0.05) is 0 Å². The normalized spacial score (nSPS) is 12.2. The number of allylic oxidation sites excluding steroid dienone is 3. The molecule has 0 radical (unpaired) electrons. The lowest BCUT2D eigenvalue weighted by Gasteiger charge is -2.20. The zero-order chi connectivity index (χ0) is 15.3. The molecule has 0 bridgehead atoms. The van der Waals surface area contributed by atoms with Gasteiger partial charge in [0.2, 0.25) is 0 Å². The van der Waals surface area contributed by atoms with Crippen LogP contribution >= 0.6 is 0 Å². The van der Waals surface area contributed by atoms with Crippen LogP contribution in [0.25, 0.3) is 0 Å². The van der Waals surface area contributed by atoms with E-state index >= 15 is 0 Å². The summed E-state index contributed by atoms with van der Waals surface area (Å²) in [5, 5.41) is 0. The van der Waals surface area contributed by atoms with Crippen LogP contribution in [-0.4, -0.2) is 18.7 Å². The number of hydrogen-bond donors (Lipinski definition) is 0. The monoisotopic (exact) mass is 282 g/mol. The van der Waals surface area contributed by atoms with Gasteiger partial charge < -0.3 is 9.47 Å². The molecule has 3 heteroatoms. The Kier molecular flexibility index (Phi) is 10.8. The third kappa shape index (κ3) is 9.65. The van der Waals surface area contributed by atoms with Crippen molar-refractivity contribution in [1.29, 1.82) is 0 Å². The molecule has 0 spiro atoms. The minimum Gasteiger partial charge on any atom is -0.484 e. The maximum absolute atomic E-state index is 11.4. The SMILES string of the molecule is CC=CCCCCCCCC=COC(C)(C)C(=O)OC. The Morgan fingerprint density at radius 3 is 2.10 bits per heavy atom. The third-order valence-corrected chi connectivity index (χ3v) is 3.11. The van der Waals surface area contributed by atoms with E-state index in [1.54, 1.807) is 20.1 Å². The van der Waals surface area contributed by atoms with Gasteiger partial charge in [0.15, 0.2) is 5.60 Å². The molecule has 0 heterocycles. The number of hydrogen-bond acceptors (Lipinski definition) is 3. The molecule has 0 amide bonds. The predicted octanol–water partition coefficient (Wildman–Crippen LogP) is 4.78. The number of ether oxygens (including phenoxy) is 2. The highest BCUT2D eigenvalue weighted by Crippen LogP contribution is 2.12. The molecular formula is C17H30O3. The van der Waals surface area contributed by atoms with Gasteiger partial charge >= 0.3 is 5.97 Å². The van der Waals surface area contributed by atoms with Gasteiger partial charge in [0.05, 0.1) is 13.4 Å².